The van der Waals surface area contributed by atoms with Crippen molar-refractivity contribution in [2.45, 2.75) is 264 Å². The molecule has 0 aliphatic carbocycles. The van der Waals surface area contributed by atoms with Crippen LogP contribution in [0.4, 0.5) is 0 Å². The van der Waals surface area contributed by atoms with Crippen molar-refractivity contribution in [1.29, 1.82) is 0 Å². The number of carbonyl (C=O) groups excluding carboxylic acids is 2. The van der Waals surface area contributed by atoms with Crippen molar-refractivity contribution in [3.63, 3.8) is 0 Å². The highest BCUT2D eigenvalue weighted by Crippen LogP contribution is 2.15. The molecule has 0 aliphatic rings. The van der Waals surface area contributed by atoms with Gasteiger partial charge in [0, 0.05) is 12.8 Å². The Labute approximate surface area is 329 Å². The largest absolute Gasteiger partial charge is 0.466 e. The van der Waals surface area contributed by atoms with E-state index in [1.54, 1.807) is 0 Å². The first-order valence-corrected chi connectivity index (χ1v) is 23.4. The molecule has 0 saturated heterocycles. The van der Waals surface area contributed by atoms with Crippen LogP contribution in [0.2, 0.25) is 0 Å². The second-order valence-electron chi connectivity index (χ2n) is 16.1. The first kappa shape index (κ1) is 51.6. The zero-order valence-corrected chi connectivity index (χ0v) is 35.5. The smallest absolute Gasteiger partial charge is 0.305 e. The lowest BCUT2D eigenvalue weighted by molar-refractivity contribution is -0.143. The molecule has 0 fully saturated rings. The van der Waals surface area contributed by atoms with E-state index in [1.807, 2.05) is 0 Å². The van der Waals surface area contributed by atoms with Crippen molar-refractivity contribution in [1.82, 2.24) is 5.32 Å². The lowest BCUT2D eigenvalue weighted by Gasteiger charge is -2.22. The number of carbonyl (C=O) groups is 2. The molecule has 2 atom stereocenters. The standard InChI is InChI=1S/C47H91NO5/c1-3-5-7-9-11-13-15-16-17-21-25-29-33-37-41-47(52)53-42-38-34-30-26-22-19-18-20-24-28-32-36-40-46(51)48-44(43-49)45(50)39-35-31-27-23-14-12-10-8-6-4-2/h19,22,44-45,49-50H,3-18,20-21,23-43H2,1-2H3,(H,48,51)/b22-19-. The maximum Gasteiger partial charge on any atom is 0.305 e. The second-order valence-corrected chi connectivity index (χ2v) is 16.1. The SMILES string of the molecule is CCCCCCCCCCCCCCCCC(=O)OCCCCC/C=C\CCCCCCCC(=O)NC(CO)C(O)CCCCCCCCCCCC. The zero-order chi connectivity index (χ0) is 38.7. The van der Waals surface area contributed by atoms with Gasteiger partial charge in [-0.25, -0.2) is 0 Å². The molecular weight excluding hydrogens is 659 g/mol. The van der Waals surface area contributed by atoms with Gasteiger partial charge in [-0.05, 0) is 57.8 Å². The summed E-state index contributed by atoms with van der Waals surface area (Å²) in [5.74, 6) is -0.0835. The van der Waals surface area contributed by atoms with Gasteiger partial charge < -0.3 is 20.3 Å². The Morgan fingerprint density at radius 2 is 0.887 bits per heavy atom. The third-order valence-electron chi connectivity index (χ3n) is 10.8. The summed E-state index contributed by atoms with van der Waals surface area (Å²) >= 11 is 0. The van der Waals surface area contributed by atoms with Gasteiger partial charge in [-0.1, -0.05) is 193 Å². The van der Waals surface area contributed by atoms with Crippen molar-refractivity contribution < 1.29 is 24.5 Å². The van der Waals surface area contributed by atoms with Crippen molar-refractivity contribution in [3.8, 4) is 0 Å². The summed E-state index contributed by atoms with van der Waals surface area (Å²) < 4.78 is 5.44. The molecule has 3 N–H and O–H groups in total. The van der Waals surface area contributed by atoms with Crippen LogP contribution >= 0.6 is 0 Å². The first-order valence-electron chi connectivity index (χ1n) is 23.4. The third kappa shape index (κ3) is 40.1. The molecule has 6 heteroatoms. The summed E-state index contributed by atoms with van der Waals surface area (Å²) in [5, 5.41) is 23.0. The Bertz CT molecular complexity index is 787. The summed E-state index contributed by atoms with van der Waals surface area (Å²) in [6.45, 7) is 4.87. The number of allylic oxidation sites excluding steroid dienone is 2. The quantitative estimate of drug-likeness (QED) is 0.0328. The van der Waals surface area contributed by atoms with E-state index in [-0.39, 0.29) is 18.5 Å². The molecule has 0 aromatic heterocycles. The van der Waals surface area contributed by atoms with Crippen LogP contribution < -0.4 is 5.32 Å². The number of ether oxygens (including phenoxy) is 1. The van der Waals surface area contributed by atoms with E-state index in [2.05, 4.69) is 31.3 Å². The van der Waals surface area contributed by atoms with Crippen LogP contribution in [0.25, 0.3) is 0 Å². The fourth-order valence-corrected chi connectivity index (χ4v) is 7.16. The van der Waals surface area contributed by atoms with Gasteiger partial charge in [-0.2, -0.15) is 0 Å². The van der Waals surface area contributed by atoms with E-state index in [4.69, 9.17) is 4.74 Å². The van der Waals surface area contributed by atoms with E-state index >= 15 is 0 Å². The second kappa shape index (κ2) is 43.3. The summed E-state index contributed by atoms with van der Waals surface area (Å²) in [6, 6.07) is -0.557. The Hall–Kier alpha value is -1.40. The van der Waals surface area contributed by atoms with Crippen LogP contribution in [0.15, 0.2) is 12.2 Å². The summed E-state index contributed by atoms with van der Waals surface area (Å²) in [5.41, 5.74) is 0. The molecule has 0 aromatic carbocycles. The van der Waals surface area contributed by atoms with Gasteiger partial charge >= 0.3 is 5.97 Å². The molecule has 2 unspecified atom stereocenters. The molecular formula is C47H91NO5. The van der Waals surface area contributed by atoms with E-state index in [0.717, 1.165) is 77.0 Å². The molecule has 0 aromatic rings. The minimum Gasteiger partial charge on any atom is -0.466 e. The van der Waals surface area contributed by atoms with Gasteiger partial charge in [-0.15, -0.1) is 0 Å². The van der Waals surface area contributed by atoms with Gasteiger partial charge in [0.15, 0.2) is 0 Å². The highest BCUT2D eigenvalue weighted by molar-refractivity contribution is 5.76. The minimum absolute atomic E-state index is 0.0210. The predicted molar refractivity (Wildman–Crippen MR) is 227 cm³/mol. The normalized spacial score (nSPS) is 12.8. The molecule has 314 valence electrons. The van der Waals surface area contributed by atoms with Gasteiger partial charge in [-0.3, -0.25) is 9.59 Å². The molecule has 0 aliphatic heterocycles. The molecule has 53 heavy (non-hydrogen) atoms. The average Bonchev–Trinajstić information content (AvgIpc) is 3.16. The summed E-state index contributed by atoms with van der Waals surface area (Å²) in [4.78, 5) is 24.4. The molecule has 0 rings (SSSR count). The van der Waals surface area contributed by atoms with E-state index in [1.165, 1.54) is 141 Å². The molecule has 0 radical (unpaired) electrons. The van der Waals surface area contributed by atoms with Crippen molar-refractivity contribution in [2.75, 3.05) is 13.2 Å². The number of esters is 1. The maximum atomic E-state index is 12.4. The molecule has 0 saturated carbocycles. The Kier molecular flexibility index (Phi) is 42.2. The van der Waals surface area contributed by atoms with Gasteiger partial charge in [0.1, 0.15) is 0 Å². The molecule has 0 bridgehead atoms. The maximum absolute atomic E-state index is 12.4. The fourth-order valence-electron chi connectivity index (χ4n) is 7.16. The number of rotatable bonds is 43. The van der Waals surface area contributed by atoms with Crippen LogP contribution in [-0.4, -0.2) is 47.4 Å². The zero-order valence-electron chi connectivity index (χ0n) is 35.5. The van der Waals surface area contributed by atoms with Crippen molar-refractivity contribution in [3.05, 3.63) is 12.2 Å². The highest BCUT2D eigenvalue weighted by Gasteiger charge is 2.20. The Balaban J connectivity index is 3.49. The summed E-state index contributed by atoms with van der Waals surface area (Å²) in [7, 11) is 0. The number of hydrogen-bond acceptors (Lipinski definition) is 5. The molecule has 1 amide bonds. The Morgan fingerprint density at radius 1 is 0.509 bits per heavy atom. The van der Waals surface area contributed by atoms with Gasteiger partial charge in [0.2, 0.25) is 5.91 Å². The number of hydrogen-bond donors (Lipinski definition) is 3. The van der Waals surface area contributed by atoms with Crippen LogP contribution in [0.3, 0.4) is 0 Å². The molecule has 6 nitrogen and oxygen atoms in total. The van der Waals surface area contributed by atoms with Crippen LogP contribution in [0, 0.1) is 0 Å². The van der Waals surface area contributed by atoms with Crippen molar-refractivity contribution in [2.24, 2.45) is 0 Å². The van der Waals surface area contributed by atoms with Crippen molar-refractivity contribution >= 4 is 11.9 Å². The number of nitrogens with one attached hydrogen (secondary N) is 1. The fraction of sp³-hybridized carbons (Fsp3) is 0.915. The lowest BCUT2D eigenvalue weighted by atomic mass is 10.0. The molecule has 0 heterocycles. The Morgan fingerprint density at radius 3 is 1.34 bits per heavy atom. The monoisotopic (exact) mass is 750 g/mol. The minimum atomic E-state index is -0.677. The third-order valence-corrected chi connectivity index (χ3v) is 10.8. The van der Waals surface area contributed by atoms with E-state index in [0.29, 0.717) is 25.9 Å². The average molecular weight is 750 g/mol. The summed E-state index contributed by atoms with van der Waals surface area (Å²) in [6.07, 6.45) is 47.4. The number of unbranched alkanes of at least 4 members (excludes halogenated alkanes) is 30. The lowest BCUT2D eigenvalue weighted by Crippen LogP contribution is -2.45. The topological polar surface area (TPSA) is 95.9 Å². The highest BCUT2D eigenvalue weighted by atomic mass is 16.5. The van der Waals surface area contributed by atoms with Crippen LogP contribution in [0.5, 0.6) is 0 Å². The number of aliphatic hydroxyl groups excluding tert-OH is 2. The number of aliphatic hydroxyl groups is 2. The van der Waals surface area contributed by atoms with Crippen LogP contribution in [0.1, 0.15) is 251 Å². The molecule has 0 spiro atoms. The first-order chi connectivity index (χ1) is 26.0. The van der Waals surface area contributed by atoms with Crippen LogP contribution in [-0.2, 0) is 14.3 Å². The van der Waals surface area contributed by atoms with E-state index < -0.39 is 12.1 Å². The predicted octanol–water partition coefficient (Wildman–Crippen LogP) is 13.4. The number of amides is 1. The van der Waals surface area contributed by atoms with E-state index in [9.17, 15) is 19.8 Å². The van der Waals surface area contributed by atoms with Gasteiger partial charge in [0.25, 0.3) is 0 Å². The van der Waals surface area contributed by atoms with Gasteiger partial charge in [0.05, 0.1) is 25.4 Å².